The van der Waals surface area contributed by atoms with E-state index in [2.05, 4.69) is 0 Å². The van der Waals surface area contributed by atoms with Gasteiger partial charge in [0.2, 0.25) is 0 Å². The molecule has 0 bridgehead atoms. The van der Waals surface area contributed by atoms with Crippen molar-refractivity contribution in [1.82, 2.24) is 0 Å². The van der Waals surface area contributed by atoms with Gasteiger partial charge in [-0.3, -0.25) is 0 Å². The molecule has 30 heavy (non-hydrogen) atoms. The molecule has 1 aliphatic heterocycles. The number of aliphatic hydroxyl groups is 2. The van der Waals surface area contributed by atoms with Crippen LogP contribution in [-0.2, 0) is 19.8 Å². The number of methoxy groups -OCH3 is 1. The van der Waals surface area contributed by atoms with Crippen LogP contribution in [0.1, 0.15) is 16.7 Å². The molecule has 0 spiro atoms. The van der Waals surface area contributed by atoms with E-state index >= 15 is 0 Å². The summed E-state index contributed by atoms with van der Waals surface area (Å²) in [6.07, 6.45) is -3.83. The molecule has 0 amide bonds. The molecule has 0 unspecified atom stereocenters. The lowest BCUT2D eigenvalue weighted by atomic mass is 9.80. The lowest BCUT2D eigenvalue weighted by molar-refractivity contribution is -0.162. The van der Waals surface area contributed by atoms with E-state index in [9.17, 15) is 10.2 Å². The van der Waals surface area contributed by atoms with Gasteiger partial charge in [-0.2, -0.15) is 0 Å². The van der Waals surface area contributed by atoms with Crippen molar-refractivity contribution in [3.05, 3.63) is 108 Å². The molecule has 0 radical (unpaired) electrons. The molecule has 4 rings (SSSR count). The molecule has 1 heterocycles. The third kappa shape index (κ3) is 3.78. The molecule has 0 saturated carbocycles. The van der Waals surface area contributed by atoms with E-state index in [1.165, 1.54) is 7.11 Å². The Morgan fingerprint density at radius 1 is 0.733 bits per heavy atom. The highest BCUT2D eigenvalue weighted by atomic mass is 16.7. The normalized spacial score (nSPS) is 24.1. The average molecular weight is 406 g/mol. The summed E-state index contributed by atoms with van der Waals surface area (Å²) < 4.78 is 17.4. The first-order valence-electron chi connectivity index (χ1n) is 10.0. The van der Waals surface area contributed by atoms with Crippen LogP contribution in [0.25, 0.3) is 0 Å². The molecule has 1 aliphatic rings. The van der Waals surface area contributed by atoms with Crippen molar-refractivity contribution in [2.24, 2.45) is 0 Å². The molecule has 0 aliphatic carbocycles. The fourth-order valence-electron chi connectivity index (χ4n) is 4.02. The number of hydrogen-bond acceptors (Lipinski definition) is 5. The maximum absolute atomic E-state index is 10.4. The zero-order valence-electron chi connectivity index (χ0n) is 16.8. The van der Waals surface area contributed by atoms with Crippen molar-refractivity contribution in [2.75, 3.05) is 13.7 Å². The van der Waals surface area contributed by atoms with Crippen LogP contribution in [0.15, 0.2) is 91.0 Å². The Kier molecular flexibility index (Phi) is 6.27. The summed E-state index contributed by atoms with van der Waals surface area (Å²) in [5.74, 6) is 0. The zero-order chi connectivity index (χ0) is 21.0. The van der Waals surface area contributed by atoms with Gasteiger partial charge in [0, 0.05) is 7.11 Å². The number of benzene rings is 3. The molecule has 5 nitrogen and oxygen atoms in total. The van der Waals surface area contributed by atoms with Gasteiger partial charge in [0.25, 0.3) is 0 Å². The van der Waals surface area contributed by atoms with Gasteiger partial charge in [0.1, 0.15) is 23.9 Å². The molecular formula is C25H26O5. The Labute approximate surface area is 176 Å². The Hall–Kier alpha value is -2.54. The van der Waals surface area contributed by atoms with Crippen molar-refractivity contribution in [3.63, 3.8) is 0 Å². The summed E-state index contributed by atoms with van der Waals surface area (Å²) in [4.78, 5) is 0. The topological polar surface area (TPSA) is 68.2 Å². The van der Waals surface area contributed by atoms with Gasteiger partial charge in [-0.15, -0.1) is 0 Å². The van der Waals surface area contributed by atoms with Crippen LogP contribution in [0.2, 0.25) is 0 Å². The summed E-state index contributed by atoms with van der Waals surface area (Å²) in [5, 5.41) is 20.6. The maximum Gasteiger partial charge on any atom is 0.186 e. The molecule has 2 N–H and O–H groups in total. The van der Waals surface area contributed by atoms with E-state index < -0.39 is 30.2 Å². The SMILES string of the molecule is CO[C@H]1O[C@H](COC(c2ccccc2)(c2ccccc2)c2ccccc2)[C@@H](O)[C@H]1O. The predicted octanol–water partition coefficient (Wildman–Crippen LogP) is 3.09. The average Bonchev–Trinajstić information content (AvgIpc) is 3.09. The van der Waals surface area contributed by atoms with Gasteiger partial charge in [0.15, 0.2) is 6.29 Å². The van der Waals surface area contributed by atoms with Crippen LogP contribution < -0.4 is 0 Å². The van der Waals surface area contributed by atoms with Gasteiger partial charge in [0.05, 0.1) is 6.61 Å². The molecule has 1 saturated heterocycles. The highest BCUT2D eigenvalue weighted by Crippen LogP contribution is 2.41. The third-order valence-corrected chi connectivity index (χ3v) is 5.56. The molecule has 0 aromatic heterocycles. The first-order chi connectivity index (χ1) is 14.7. The van der Waals surface area contributed by atoms with E-state index in [0.717, 1.165) is 16.7 Å². The van der Waals surface area contributed by atoms with Crippen molar-refractivity contribution < 1.29 is 24.4 Å². The second kappa shape index (κ2) is 9.08. The fourth-order valence-corrected chi connectivity index (χ4v) is 4.02. The van der Waals surface area contributed by atoms with Crippen molar-refractivity contribution in [3.8, 4) is 0 Å². The van der Waals surface area contributed by atoms with E-state index in [0.29, 0.717) is 0 Å². The van der Waals surface area contributed by atoms with Gasteiger partial charge >= 0.3 is 0 Å². The summed E-state index contributed by atoms with van der Waals surface area (Å²) in [6, 6.07) is 29.9. The van der Waals surface area contributed by atoms with Crippen LogP contribution in [0.5, 0.6) is 0 Å². The lowest BCUT2D eigenvalue weighted by Gasteiger charge is -2.37. The molecule has 5 heteroatoms. The largest absolute Gasteiger partial charge is 0.387 e. The molecule has 156 valence electrons. The van der Waals surface area contributed by atoms with E-state index in [4.69, 9.17) is 14.2 Å². The Morgan fingerprint density at radius 2 is 1.17 bits per heavy atom. The molecule has 1 fully saturated rings. The van der Waals surface area contributed by atoms with Crippen LogP contribution in [0.4, 0.5) is 0 Å². The number of rotatable bonds is 7. The Balaban J connectivity index is 1.78. The highest BCUT2D eigenvalue weighted by Gasteiger charge is 2.45. The quantitative estimate of drug-likeness (QED) is 0.590. The van der Waals surface area contributed by atoms with Gasteiger partial charge < -0.3 is 24.4 Å². The summed E-state index contributed by atoms with van der Waals surface area (Å²) in [7, 11) is 1.44. The van der Waals surface area contributed by atoms with Crippen LogP contribution in [0, 0.1) is 0 Å². The predicted molar refractivity (Wildman–Crippen MR) is 113 cm³/mol. The minimum absolute atomic E-state index is 0.0662. The monoisotopic (exact) mass is 406 g/mol. The van der Waals surface area contributed by atoms with Crippen LogP contribution in [0.3, 0.4) is 0 Å². The molecule has 3 aromatic rings. The summed E-state index contributed by atoms with van der Waals surface area (Å²) in [6.45, 7) is 0.0662. The van der Waals surface area contributed by atoms with E-state index in [1.54, 1.807) is 0 Å². The smallest absolute Gasteiger partial charge is 0.186 e. The van der Waals surface area contributed by atoms with Gasteiger partial charge in [-0.25, -0.2) is 0 Å². The Bertz CT molecular complexity index is 819. The van der Waals surface area contributed by atoms with Crippen LogP contribution >= 0.6 is 0 Å². The first kappa shape index (κ1) is 20.7. The van der Waals surface area contributed by atoms with E-state index in [-0.39, 0.29) is 6.61 Å². The van der Waals surface area contributed by atoms with Crippen molar-refractivity contribution >= 4 is 0 Å². The Morgan fingerprint density at radius 3 is 1.53 bits per heavy atom. The van der Waals surface area contributed by atoms with Gasteiger partial charge in [-0.05, 0) is 16.7 Å². The van der Waals surface area contributed by atoms with Crippen LogP contribution in [-0.4, -0.2) is 48.5 Å². The minimum Gasteiger partial charge on any atom is -0.387 e. The molecule has 4 atom stereocenters. The second-order valence-corrected chi connectivity index (χ2v) is 7.35. The first-order valence-corrected chi connectivity index (χ1v) is 10.0. The third-order valence-electron chi connectivity index (χ3n) is 5.56. The zero-order valence-corrected chi connectivity index (χ0v) is 16.8. The summed E-state index contributed by atoms with van der Waals surface area (Å²) in [5.41, 5.74) is 1.96. The summed E-state index contributed by atoms with van der Waals surface area (Å²) >= 11 is 0. The highest BCUT2D eigenvalue weighted by molar-refractivity contribution is 5.47. The number of aliphatic hydroxyl groups excluding tert-OH is 2. The standard InChI is InChI=1S/C25H26O5/c1-28-24-23(27)22(26)21(30-24)17-29-25(18-11-5-2-6-12-18,19-13-7-3-8-14-19)20-15-9-4-10-16-20/h2-16,21-24,26-27H,17H2,1H3/t21-,22-,23-,24+/m1/s1. The van der Waals surface area contributed by atoms with E-state index in [1.807, 2.05) is 91.0 Å². The maximum atomic E-state index is 10.4. The number of ether oxygens (including phenoxy) is 3. The minimum atomic E-state index is -1.12. The number of hydrogen-bond donors (Lipinski definition) is 2. The molecular weight excluding hydrogens is 380 g/mol. The molecule has 3 aromatic carbocycles. The van der Waals surface area contributed by atoms with Crippen molar-refractivity contribution in [1.29, 1.82) is 0 Å². The second-order valence-electron chi connectivity index (χ2n) is 7.35. The van der Waals surface area contributed by atoms with Crippen molar-refractivity contribution in [2.45, 2.75) is 30.2 Å². The fraction of sp³-hybridized carbons (Fsp3) is 0.280. The van der Waals surface area contributed by atoms with Gasteiger partial charge in [-0.1, -0.05) is 91.0 Å². The lowest BCUT2D eigenvalue weighted by Crippen LogP contribution is -2.39.